The van der Waals surface area contributed by atoms with Gasteiger partial charge in [-0.15, -0.1) is 0 Å². The first-order valence-electron chi connectivity index (χ1n) is 8.98. The topological polar surface area (TPSA) is 35.8 Å². The Balaban J connectivity index is 1.79. The van der Waals surface area contributed by atoms with Crippen LogP contribution in [0.4, 0.5) is 0 Å². The highest BCUT2D eigenvalue weighted by Crippen LogP contribution is 2.17. The summed E-state index contributed by atoms with van der Waals surface area (Å²) in [6, 6.07) is 2.01. The van der Waals surface area contributed by atoms with E-state index in [4.69, 9.17) is 11.6 Å². The van der Waals surface area contributed by atoms with Crippen molar-refractivity contribution in [2.24, 2.45) is 18.0 Å². The molecule has 0 unspecified atom stereocenters. The fraction of sp³-hybridized carbons (Fsp3) is 0.722. The van der Waals surface area contributed by atoms with Crippen LogP contribution in [0.5, 0.6) is 0 Å². The minimum absolute atomic E-state index is 0.743. The molecule has 0 radical (unpaired) electrons. The fourth-order valence-electron chi connectivity index (χ4n) is 3.39. The van der Waals surface area contributed by atoms with E-state index in [2.05, 4.69) is 38.6 Å². The quantitative estimate of drug-likeness (QED) is 0.631. The number of guanidine groups is 1. The molecular formula is C18H32ClN5. The van der Waals surface area contributed by atoms with Crippen molar-refractivity contribution < 1.29 is 0 Å². The SMILES string of the molecule is CCCN1CCC(CNC(=NC)N(C)Cc2cc(Cl)cn2C)CC1. The lowest BCUT2D eigenvalue weighted by atomic mass is 9.97. The number of piperidine rings is 1. The highest BCUT2D eigenvalue weighted by molar-refractivity contribution is 6.30. The summed E-state index contributed by atoms with van der Waals surface area (Å²) in [5.74, 6) is 1.69. The lowest BCUT2D eigenvalue weighted by molar-refractivity contribution is 0.185. The molecule has 0 saturated carbocycles. The zero-order valence-corrected chi connectivity index (χ0v) is 16.3. The number of aryl methyl sites for hydroxylation is 1. The summed E-state index contributed by atoms with van der Waals surface area (Å²) in [6.07, 6.45) is 5.75. The van der Waals surface area contributed by atoms with E-state index < -0.39 is 0 Å². The molecule has 24 heavy (non-hydrogen) atoms. The Morgan fingerprint density at radius 2 is 2.12 bits per heavy atom. The molecule has 0 aromatic carbocycles. The zero-order chi connectivity index (χ0) is 17.5. The van der Waals surface area contributed by atoms with Gasteiger partial charge >= 0.3 is 0 Å². The predicted octanol–water partition coefficient (Wildman–Crippen LogP) is 2.81. The summed E-state index contributed by atoms with van der Waals surface area (Å²) in [4.78, 5) is 9.16. The average molecular weight is 354 g/mol. The second-order valence-corrected chi connectivity index (χ2v) is 7.27. The van der Waals surface area contributed by atoms with Crippen molar-refractivity contribution in [3.63, 3.8) is 0 Å². The first-order valence-corrected chi connectivity index (χ1v) is 9.36. The van der Waals surface area contributed by atoms with Gasteiger partial charge in [-0.3, -0.25) is 4.99 Å². The minimum Gasteiger partial charge on any atom is -0.356 e. The first kappa shape index (κ1) is 19.1. The molecule has 1 aliphatic rings. The van der Waals surface area contributed by atoms with Crippen LogP contribution in [0.15, 0.2) is 17.3 Å². The normalized spacial score (nSPS) is 17.3. The molecule has 2 heterocycles. The maximum Gasteiger partial charge on any atom is 0.193 e. The molecule has 0 atom stereocenters. The van der Waals surface area contributed by atoms with Crippen LogP contribution < -0.4 is 5.32 Å². The molecule has 0 bridgehead atoms. The largest absolute Gasteiger partial charge is 0.356 e. The smallest absolute Gasteiger partial charge is 0.193 e. The molecule has 0 spiro atoms. The average Bonchev–Trinajstić information content (AvgIpc) is 2.87. The number of likely N-dealkylation sites (tertiary alicyclic amines) is 1. The standard InChI is InChI=1S/C18H32ClN5/c1-5-8-24-9-6-15(7-10-24)12-21-18(20-2)23(4)14-17-11-16(19)13-22(17)3/h11,13,15H,5-10,12,14H2,1-4H3,(H,20,21). The van der Waals surface area contributed by atoms with E-state index in [1.165, 1.54) is 44.6 Å². The summed E-state index contributed by atoms with van der Waals surface area (Å²) in [5.41, 5.74) is 1.18. The van der Waals surface area contributed by atoms with Crippen molar-refractivity contribution in [3.05, 3.63) is 23.0 Å². The van der Waals surface area contributed by atoms with E-state index in [1.807, 2.05) is 26.4 Å². The van der Waals surface area contributed by atoms with E-state index in [0.717, 1.165) is 30.0 Å². The number of nitrogens with zero attached hydrogens (tertiary/aromatic N) is 4. The first-order chi connectivity index (χ1) is 11.5. The minimum atomic E-state index is 0.743. The van der Waals surface area contributed by atoms with Gasteiger partial charge in [0.1, 0.15) is 0 Å². The third-order valence-electron chi connectivity index (χ3n) is 4.84. The van der Waals surface area contributed by atoms with Gasteiger partial charge in [0.05, 0.1) is 11.6 Å². The van der Waals surface area contributed by atoms with Gasteiger partial charge in [0.25, 0.3) is 0 Å². The van der Waals surface area contributed by atoms with Crippen LogP contribution >= 0.6 is 11.6 Å². The Morgan fingerprint density at radius 3 is 2.67 bits per heavy atom. The van der Waals surface area contributed by atoms with E-state index in [-0.39, 0.29) is 0 Å². The highest BCUT2D eigenvalue weighted by Gasteiger charge is 2.19. The van der Waals surface area contributed by atoms with Crippen LogP contribution in [0, 0.1) is 5.92 Å². The molecule has 0 amide bonds. The number of nitrogens with one attached hydrogen (secondary N) is 1. The van der Waals surface area contributed by atoms with Crippen LogP contribution in [0.2, 0.25) is 5.02 Å². The Bertz CT molecular complexity index is 532. The molecule has 1 aromatic heterocycles. The lowest BCUT2D eigenvalue weighted by Gasteiger charge is -2.32. The van der Waals surface area contributed by atoms with Crippen LogP contribution in [-0.4, -0.2) is 60.6 Å². The summed E-state index contributed by atoms with van der Waals surface area (Å²) in [5, 5.41) is 4.33. The van der Waals surface area contributed by atoms with Gasteiger partial charge in [0.2, 0.25) is 0 Å². The van der Waals surface area contributed by atoms with E-state index >= 15 is 0 Å². The van der Waals surface area contributed by atoms with Crippen molar-refractivity contribution in [2.45, 2.75) is 32.7 Å². The Morgan fingerprint density at radius 1 is 1.42 bits per heavy atom. The van der Waals surface area contributed by atoms with E-state index in [9.17, 15) is 0 Å². The number of hydrogen-bond acceptors (Lipinski definition) is 2. The number of hydrogen-bond donors (Lipinski definition) is 1. The maximum absolute atomic E-state index is 6.07. The molecule has 1 aliphatic heterocycles. The molecule has 0 aliphatic carbocycles. The number of rotatable bonds is 6. The van der Waals surface area contributed by atoms with Crippen LogP contribution in [0.25, 0.3) is 0 Å². The molecule has 1 aromatic rings. The molecule has 5 nitrogen and oxygen atoms in total. The van der Waals surface area contributed by atoms with Gasteiger partial charge in [-0.25, -0.2) is 0 Å². The highest BCUT2D eigenvalue weighted by atomic mass is 35.5. The Labute approximate surface area is 151 Å². The Kier molecular flexibility index (Phi) is 7.43. The molecule has 6 heteroatoms. The number of halogens is 1. The zero-order valence-electron chi connectivity index (χ0n) is 15.6. The second-order valence-electron chi connectivity index (χ2n) is 6.83. The molecule has 2 rings (SSSR count). The number of aliphatic imine (C=N–C) groups is 1. The molecular weight excluding hydrogens is 322 g/mol. The third-order valence-corrected chi connectivity index (χ3v) is 5.05. The van der Waals surface area contributed by atoms with Gasteiger partial charge in [-0.2, -0.15) is 0 Å². The lowest BCUT2D eigenvalue weighted by Crippen LogP contribution is -2.43. The summed E-state index contributed by atoms with van der Waals surface area (Å²) >= 11 is 6.07. The van der Waals surface area contributed by atoms with Crippen molar-refractivity contribution in [1.29, 1.82) is 0 Å². The fourth-order valence-corrected chi connectivity index (χ4v) is 3.66. The van der Waals surface area contributed by atoms with Gasteiger partial charge in [0.15, 0.2) is 5.96 Å². The van der Waals surface area contributed by atoms with E-state index in [0.29, 0.717) is 0 Å². The van der Waals surface area contributed by atoms with Crippen molar-refractivity contribution in [3.8, 4) is 0 Å². The predicted molar refractivity (Wildman–Crippen MR) is 103 cm³/mol. The summed E-state index contributed by atoms with van der Waals surface area (Å²) in [7, 11) is 5.94. The van der Waals surface area contributed by atoms with Crippen molar-refractivity contribution >= 4 is 17.6 Å². The van der Waals surface area contributed by atoms with Gasteiger partial charge in [-0.1, -0.05) is 18.5 Å². The molecule has 1 saturated heterocycles. The van der Waals surface area contributed by atoms with Crippen LogP contribution in [-0.2, 0) is 13.6 Å². The van der Waals surface area contributed by atoms with Gasteiger partial charge in [0, 0.05) is 39.6 Å². The Hall–Kier alpha value is -1.20. The third kappa shape index (κ3) is 5.42. The summed E-state index contributed by atoms with van der Waals surface area (Å²) in [6.45, 7) is 7.76. The molecule has 1 fully saturated rings. The second kappa shape index (κ2) is 9.33. The maximum atomic E-state index is 6.07. The summed E-state index contributed by atoms with van der Waals surface area (Å²) < 4.78 is 2.07. The van der Waals surface area contributed by atoms with Crippen molar-refractivity contribution in [2.75, 3.05) is 40.3 Å². The van der Waals surface area contributed by atoms with Crippen LogP contribution in [0.1, 0.15) is 31.9 Å². The van der Waals surface area contributed by atoms with Gasteiger partial charge in [-0.05, 0) is 50.9 Å². The monoisotopic (exact) mass is 353 g/mol. The van der Waals surface area contributed by atoms with Gasteiger partial charge < -0.3 is 19.7 Å². The molecule has 1 N–H and O–H groups in total. The molecule has 136 valence electrons. The number of aromatic nitrogens is 1. The van der Waals surface area contributed by atoms with E-state index in [1.54, 1.807) is 0 Å². The van der Waals surface area contributed by atoms with Crippen molar-refractivity contribution in [1.82, 2.24) is 19.7 Å². The van der Waals surface area contributed by atoms with Crippen LogP contribution in [0.3, 0.4) is 0 Å².